The summed E-state index contributed by atoms with van der Waals surface area (Å²) in [7, 11) is 0. The number of Topliss-reactive ketones (excluding diaryl/α,β-unsaturated/α-hetero) is 1. The van der Waals surface area contributed by atoms with Gasteiger partial charge >= 0.3 is 5.97 Å². The van der Waals surface area contributed by atoms with Gasteiger partial charge < -0.3 is 24.3 Å². The number of ether oxygens (including phenoxy) is 4. The molecule has 0 spiro atoms. The first-order chi connectivity index (χ1) is 15.3. The van der Waals surface area contributed by atoms with E-state index in [0.29, 0.717) is 47.5 Å². The third-order valence-electron chi connectivity index (χ3n) is 4.34. The Balaban J connectivity index is 2.51. The van der Waals surface area contributed by atoms with Crippen LogP contribution in [0, 0.1) is 6.92 Å². The van der Waals surface area contributed by atoms with Gasteiger partial charge in [0.1, 0.15) is 5.00 Å². The average Bonchev–Trinajstić information content (AvgIpc) is 3.06. The smallest absolute Gasteiger partial charge is 0.341 e. The lowest BCUT2D eigenvalue weighted by Gasteiger charge is -2.17. The van der Waals surface area contributed by atoms with Crippen LogP contribution in [0.15, 0.2) is 12.1 Å². The van der Waals surface area contributed by atoms with E-state index in [2.05, 4.69) is 5.32 Å². The van der Waals surface area contributed by atoms with Crippen LogP contribution in [0.1, 0.15) is 70.6 Å². The van der Waals surface area contributed by atoms with Gasteiger partial charge in [0.05, 0.1) is 36.9 Å². The molecule has 0 saturated carbocycles. The zero-order valence-corrected chi connectivity index (χ0v) is 20.1. The monoisotopic (exact) mass is 463 g/mol. The fraction of sp³-hybridized carbons (Fsp3) is 0.435. The Hall–Kier alpha value is -3.07. The summed E-state index contributed by atoms with van der Waals surface area (Å²) in [5.41, 5.74) is 0.912. The van der Waals surface area contributed by atoms with Crippen molar-refractivity contribution in [1.29, 1.82) is 0 Å². The molecule has 0 saturated heterocycles. The van der Waals surface area contributed by atoms with Crippen molar-refractivity contribution in [2.45, 2.75) is 41.5 Å². The Kier molecular flexibility index (Phi) is 9.07. The van der Waals surface area contributed by atoms with Crippen LogP contribution >= 0.6 is 11.3 Å². The third kappa shape index (κ3) is 5.59. The quantitative estimate of drug-likeness (QED) is 0.374. The van der Waals surface area contributed by atoms with Gasteiger partial charge in [0, 0.05) is 5.56 Å². The molecule has 0 aliphatic heterocycles. The molecule has 0 unspecified atom stereocenters. The van der Waals surface area contributed by atoms with E-state index < -0.39 is 11.9 Å². The number of thiophene rings is 1. The topological polar surface area (TPSA) is 100 Å². The molecule has 0 radical (unpaired) electrons. The van der Waals surface area contributed by atoms with Crippen molar-refractivity contribution in [3.05, 3.63) is 33.7 Å². The Morgan fingerprint density at radius 2 is 1.47 bits per heavy atom. The van der Waals surface area contributed by atoms with Gasteiger partial charge in [0.15, 0.2) is 17.3 Å². The van der Waals surface area contributed by atoms with E-state index in [9.17, 15) is 14.4 Å². The second kappa shape index (κ2) is 11.5. The molecule has 1 aromatic heterocycles. The van der Waals surface area contributed by atoms with Crippen LogP contribution in [-0.2, 0) is 4.74 Å². The van der Waals surface area contributed by atoms with Gasteiger partial charge in [0.2, 0.25) is 5.75 Å². The van der Waals surface area contributed by atoms with Gasteiger partial charge in [-0.25, -0.2) is 4.79 Å². The number of rotatable bonds is 11. The van der Waals surface area contributed by atoms with E-state index in [1.807, 2.05) is 20.8 Å². The van der Waals surface area contributed by atoms with Gasteiger partial charge in [0.25, 0.3) is 5.91 Å². The number of anilines is 1. The lowest BCUT2D eigenvalue weighted by atomic mass is 10.1. The maximum Gasteiger partial charge on any atom is 0.341 e. The number of hydrogen-bond donors (Lipinski definition) is 1. The summed E-state index contributed by atoms with van der Waals surface area (Å²) in [5, 5.41) is 3.00. The second-order valence-electron chi connectivity index (χ2n) is 6.59. The van der Waals surface area contributed by atoms with Crippen LogP contribution in [0.4, 0.5) is 5.00 Å². The van der Waals surface area contributed by atoms with E-state index in [1.54, 1.807) is 26.0 Å². The van der Waals surface area contributed by atoms with Gasteiger partial charge in [-0.1, -0.05) is 0 Å². The molecule has 2 aromatic rings. The largest absolute Gasteiger partial charge is 0.490 e. The predicted molar refractivity (Wildman–Crippen MR) is 123 cm³/mol. The summed E-state index contributed by atoms with van der Waals surface area (Å²) in [5.74, 6) is -0.106. The van der Waals surface area contributed by atoms with E-state index >= 15 is 0 Å². The average molecular weight is 464 g/mol. The number of ketones is 1. The number of hydrogen-bond acceptors (Lipinski definition) is 8. The highest BCUT2D eigenvalue weighted by Crippen LogP contribution is 2.40. The summed E-state index contributed by atoms with van der Waals surface area (Å²) in [6, 6.07) is 3.12. The highest BCUT2D eigenvalue weighted by molar-refractivity contribution is 7.18. The second-order valence-corrected chi connectivity index (χ2v) is 7.61. The number of carbonyl (C=O) groups is 3. The molecule has 1 heterocycles. The Morgan fingerprint density at radius 1 is 0.906 bits per heavy atom. The zero-order chi connectivity index (χ0) is 23.8. The fourth-order valence-corrected chi connectivity index (χ4v) is 4.17. The third-order valence-corrected chi connectivity index (χ3v) is 5.65. The number of benzene rings is 1. The Labute approximate surface area is 191 Å². The maximum atomic E-state index is 13.1. The van der Waals surface area contributed by atoms with Crippen molar-refractivity contribution in [3.63, 3.8) is 0 Å². The fourth-order valence-electron chi connectivity index (χ4n) is 3.08. The molecule has 1 aromatic carbocycles. The molecule has 32 heavy (non-hydrogen) atoms. The van der Waals surface area contributed by atoms with Gasteiger partial charge in [-0.15, -0.1) is 11.3 Å². The molecule has 0 fully saturated rings. The minimum atomic E-state index is -0.597. The van der Waals surface area contributed by atoms with E-state index in [0.717, 1.165) is 11.3 Å². The van der Waals surface area contributed by atoms with Gasteiger partial charge in [-0.3, -0.25) is 9.59 Å². The van der Waals surface area contributed by atoms with E-state index in [-0.39, 0.29) is 28.5 Å². The molecule has 0 aliphatic carbocycles. The minimum Gasteiger partial charge on any atom is -0.490 e. The maximum absolute atomic E-state index is 13.1. The number of nitrogens with one attached hydrogen (secondary N) is 1. The normalized spacial score (nSPS) is 10.4. The summed E-state index contributed by atoms with van der Waals surface area (Å²) >= 11 is 1.04. The Morgan fingerprint density at radius 3 is 1.94 bits per heavy atom. The predicted octanol–water partition coefficient (Wildman–Crippen LogP) is 4.88. The SMILES string of the molecule is CCOC(=O)c1c(NC(=O)c2cc(OCC)c(OCC)c(OCC)c2)sc(C(C)=O)c1C. The number of esters is 1. The zero-order valence-electron chi connectivity index (χ0n) is 19.2. The van der Waals surface area contributed by atoms with Crippen LogP contribution < -0.4 is 19.5 Å². The molecule has 0 aliphatic rings. The minimum absolute atomic E-state index is 0.172. The number of amides is 1. The van der Waals surface area contributed by atoms with Gasteiger partial charge in [-0.2, -0.15) is 0 Å². The molecular formula is C23H29NO7S. The lowest BCUT2D eigenvalue weighted by molar-refractivity contribution is 0.0527. The number of carbonyl (C=O) groups excluding carboxylic acids is 3. The summed E-state index contributed by atoms with van der Waals surface area (Å²) in [6.07, 6.45) is 0. The summed E-state index contributed by atoms with van der Waals surface area (Å²) in [4.78, 5) is 38.0. The first-order valence-corrected chi connectivity index (χ1v) is 11.3. The lowest BCUT2D eigenvalue weighted by Crippen LogP contribution is -2.15. The van der Waals surface area contributed by atoms with Crippen molar-refractivity contribution in [2.24, 2.45) is 0 Å². The van der Waals surface area contributed by atoms with Crippen LogP contribution in [0.25, 0.3) is 0 Å². The van der Waals surface area contributed by atoms with Crippen molar-refractivity contribution in [1.82, 2.24) is 0 Å². The molecule has 0 bridgehead atoms. The van der Waals surface area contributed by atoms with Crippen molar-refractivity contribution >= 4 is 34.0 Å². The van der Waals surface area contributed by atoms with Crippen LogP contribution in [-0.4, -0.2) is 44.1 Å². The highest BCUT2D eigenvalue weighted by Gasteiger charge is 2.26. The van der Waals surface area contributed by atoms with Crippen LogP contribution in [0.5, 0.6) is 17.2 Å². The summed E-state index contributed by atoms with van der Waals surface area (Å²) < 4.78 is 22.1. The molecular weight excluding hydrogens is 434 g/mol. The molecule has 174 valence electrons. The first-order valence-electron chi connectivity index (χ1n) is 10.5. The molecule has 8 nitrogen and oxygen atoms in total. The molecule has 1 N–H and O–H groups in total. The van der Waals surface area contributed by atoms with E-state index in [1.165, 1.54) is 6.92 Å². The highest BCUT2D eigenvalue weighted by atomic mass is 32.1. The molecule has 1 amide bonds. The van der Waals surface area contributed by atoms with Gasteiger partial charge in [-0.05, 0) is 59.2 Å². The van der Waals surface area contributed by atoms with Crippen LogP contribution in [0.3, 0.4) is 0 Å². The first kappa shape index (κ1) is 25.2. The van der Waals surface area contributed by atoms with E-state index in [4.69, 9.17) is 18.9 Å². The molecule has 9 heteroatoms. The summed E-state index contributed by atoms with van der Waals surface area (Å²) in [6.45, 7) is 11.6. The molecule has 2 rings (SSSR count). The Bertz CT molecular complexity index is 969. The molecule has 0 atom stereocenters. The van der Waals surface area contributed by atoms with Crippen LogP contribution in [0.2, 0.25) is 0 Å². The van der Waals surface area contributed by atoms with Crippen molar-refractivity contribution in [3.8, 4) is 17.2 Å². The van der Waals surface area contributed by atoms with Crippen molar-refractivity contribution < 1.29 is 33.3 Å². The standard InChI is InChI=1S/C23H29NO7S/c1-7-28-16-11-15(12-17(29-8-2)19(16)30-9-3)21(26)24-22-18(23(27)31-10-4)13(5)20(32-22)14(6)25/h11-12H,7-10H2,1-6H3,(H,24,26). The van der Waals surface area contributed by atoms with Crippen molar-refractivity contribution in [2.75, 3.05) is 31.7 Å².